The summed E-state index contributed by atoms with van der Waals surface area (Å²) in [6.45, 7) is -2.98. The molecule has 1 N–H and O–H groups in total. The van der Waals surface area contributed by atoms with Gasteiger partial charge in [0.05, 0.1) is 10.5 Å². The number of imide groups is 1. The summed E-state index contributed by atoms with van der Waals surface area (Å²) in [4.78, 5) is 36.2. The topological polar surface area (TPSA) is 119 Å². The summed E-state index contributed by atoms with van der Waals surface area (Å²) < 4.78 is 59.9. The van der Waals surface area contributed by atoms with Crippen molar-refractivity contribution in [2.75, 3.05) is 19.7 Å². The Morgan fingerprint density at radius 3 is 2.30 bits per heavy atom. The van der Waals surface area contributed by atoms with Gasteiger partial charge in [-0.1, -0.05) is 6.07 Å². The molecule has 176 valence electrons. The van der Waals surface area contributed by atoms with Crippen LogP contribution >= 0.6 is 0 Å². The zero-order valence-corrected chi connectivity index (χ0v) is 18.0. The minimum atomic E-state index is -3.73. The molecule has 0 aliphatic carbocycles. The molecule has 1 fully saturated rings. The highest BCUT2D eigenvalue weighted by Gasteiger charge is 2.28. The van der Waals surface area contributed by atoms with E-state index in [2.05, 4.69) is 4.74 Å². The summed E-state index contributed by atoms with van der Waals surface area (Å²) in [5.41, 5.74) is -0.0693. The number of halogens is 2. The van der Waals surface area contributed by atoms with Crippen molar-refractivity contribution >= 4 is 27.8 Å². The largest absolute Gasteiger partial charge is 0.452 e. The van der Waals surface area contributed by atoms with Crippen molar-refractivity contribution in [2.24, 2.45) is 0 Å². The number of carbonyl (C=O) groups is 3. The summed E-state index contributed by atoms with van der Waals surface area (Å²) in [6.07, 6.45) is 1.53. The van der Waals surface area contributed by atoms with E-state index in [-0.39, 0.29) is 21.8 Å². The van der Waals surface area contributed by atoms with Crippen LogP contribution in [0.2, 0.25) is 0 Å². The fourth-order valence-electron chi connectivity index (χ4n) is 3.10. The van der Waals surface area contributed by atoms with Crippen LogP contribution in [0.25, 0.3) is 0 Å². The van der Waals surface area contributed by atoms with Gasteiger partial charge in [-0.05, 0) is 55.3 Å². The lowest BCUT2D eigenvalue weighted by atomic mass is 10.2. The molecule has 1 saturated heterocycles. The van der Waals surface area contributed by atoms with Crippen LogP contribution in [-0.2, 0) is 19.6 Å². The molecule has 2 aromatic rings. The number of carbonyl (C=O) groups excluding carboxylic acids is 3. The number of nitrogens with zero attached hydrogens (tertiary/aromatic N) is 1. The fraction of sp³-hybridized carbons (Fsp3) is 0.286. The van der Waals surface area contributed by atoms with Crippen molar-refractivity contribution in [2.45, 2.75) is 24.3 Å². The number of hydrogen-bond acceptors (Lipinski definition) is 7. The summed E-state index contributed by atoms with van der Waals surface area (Å²) in [7, 11) is -3.73. The Morgan fingerprint density at radius 2 is 1.67 bits per heavy atom. The van der Waals surface area contributed by atoms with Crippen molar-refractivity contribution < 1.29 is 41.1 Å². The minimum Gasteiger partial charge on any atom is -0.452 e. The Kier molecular flexibility index (Phi) is 7.71. The molecule has 2 aromatic carbocycles. The van der Waals surface area contributed by atoms with Gasteiger partial charge in [0.15, 0.2) is 6.61 Å². The molecule has 1 heterocycles. The van der Waals surface area contributed by atoms with Gasteiger partial charge in [0.25, 0.3) is 11.8 Å². The first-order valence-electron chi connectivity index (χ1n) is 9.83. The van der Waals surface area contributed by atoms with E-state index < -0.39 is 41.0 Å². The van der Waals surface area contributed by atoms with E-state index in [1.54, 1.807) is 0 Å². The van der Waals surface area contributed by atoms with Crippen LogP contribution in [0.1, 0.15) is 33.6 Å². The number of esters is 1. The van der Waals surface area contributed by atoms with E-state index in [9.17, 15) is 31.6 Å². The van der Waals surface area contributed by atoms with Crippen molar-refractivity contribution in [1.82, 2.24) is 9.62 Å². The number of nitrogens with one attached hydrogen (secondary N) is 1. The molecular formula is C21H20F2N2O7S. The molecule has 0 spiro atoms. The molecule has 33 heavy (non-hydrogen) atoms. The number of benzene rings is 2. The second-order valence-electron chi connectivity index (χ2n) is 7.00. The highest BCUT2D eigenvalue weighted by Crippen LogP contribution is 2.22. The Hall–Kier alpha value is -3.38. The highest BCUT2D eigenvalue weighted by molar-refractivity contribution is 7.89. The lowest BCUT2D eigenvalue weighted by Gasteiger charge is -2.15. The van der Waals surface area contributed by atoms with Crippen molar-refractivity contribution in [3.8, 4) is 5.75 Å². The van der Waals surface area contributed by atoms with Gasteiger partial charge in [-0.2, -0.15) is 13.1 Å². The third kappa shape index (κ3) is 6.33. The van der Waals surface area contributed by atoms with Gasteiger partial charge in [0.2, 0.25) is 10.0 Å². The minimum absolute atomic E-state index is 0.00360. The molecule has 9 nitrogen and oxygen atoms in total. The number of amides is 2. The number of ether oxygens (including phenoxy) is 2. The van der Waals surface area contributed by atoms with Gasteiger partial charge in [-0.25, -0.2) is 13.2 Å². The van der Waals surface area contributed by atoms with Crippen LogP contribution in [0.5, 0.6) is 5.75 Å². The van der Waals surface area contributed by atoms with Crippen LogP contribution in [0.4, 0.5) is 8.78 Å². The van der Waals surface area contributed by atoms with Crippen LogP contribution in [0.3, 0.4) is 0 Å². The maximum atomic E-state index is 12.6. The molecule has 1 aliphatic heterocycles. The Labute approximate surface area is 188 Å². The van der Waals surface area contributed by atoms with Gasteiger partial charge < -0.3 is 9.47 Å². The summed E-state index contributed by atoms with van der Waals surface area (Å²) in [6, 6.07) is 9.90. The highest BCUT2D eigenvalue weighted by atomic mass is 32.2. The first kappa shape index (κ1) is 24.3. The second-order valence-corrected chi connectivity index (χ2v) is 8.93. The Balaban J connectivity index is 1.55. The lowest BCUT2D eigenvalue weighted by molar-refractivity contribution is -0.123. The second kappa shape index (κ2) is 10.5. The molecule has 0 radical (unpaired) electrons. The van der Waals surface area contributed by atoms with E-state index in [1.165, 1.54) is 40.7 Å². The SMILES string of the molecule is O=C(COC(=O)c1cccc(S(=O)(=O)N2CCCC2)c1)NC(=O)c1ccc(OC(F)F)cc1. The first-order chi connectivity index (χ1) is 15.7. The van der Waals surface area contributed by atoms with Gasteiger partial charge in [0, 0.05) is 18.7 Å². The zero-order chi connectivity index (χ0) is 24.0. The van der Waals surface area contributed by atoms with E-state index in [0.717, 1.165) is 25.0 Å². The van der Waals surface area contributed by atoms with Crippen molar-refractivity contribution in [3.05, 3.63) is 59.7 Å². The predicted molar refractivity (Wildman–Crippen MR) is 110 cm³/mol. The number of alkyl halides is 2. The average molecular weight is 482 g/mol. The van der Waals surface area contributed by atoms with E-state index >= 15 is 0 Å². The molecule has 3 rings (SSSR count). The van der Waals surface area contributed by atoms with E-state index in [1.807, 2.05) is 5.32 Å². The van der Waals surface area contributed by atoms with Gasteiger partial charge >= 0.3 is 12.6 Å². The quantitative estimate of drug-likeness (QED) is 0.573. The van der Waals surface area contributed by atoms with Gasteiger partial charge in [0.1, 0.15) is 5.75 Å². The summed E-state index contributed by atoms with van der Waals surface area (Å²) in [5.74, 6) is -2.86. The first-order valence-corrected chi connectivity index (χ1v) is 11.3. The molecule has 12 heteroatoms. The molecule has 0 unspecified atom stereocenters. The third-order valence-electron chi connectivity index (χ3n) is 4.70. The van der Waals surface area contributed by atoms with Crippen molar-refractivity contribution in [3.63, 3.8) is 0 Å². The van der Waals surface area contributed by atoms with Crippen molar-refractivity contribution in [1.29, 1.82) is 0 Å². The molecule has 0 atom stereocenters. The monoisotopic (exact) mass is 482 g/mol. The fourth-order valence-corrected chi connectivity index (χ4v) is 4.66. The number of rotatable bonds is 8. The maximum absolute atomic E-state index is 12.6. The molecular weight excluding hydrogens is 462 g/mol. The average Bonchev–Trinajstić information content (AvgIpc) is 3.33. The number of hydrogen-bond donors (Lipinski definition) is 1. The summed E-state index contributed by atoms with van der Waals surface area (Å²) >= 11 is 0. The smallest absolute Gasteiger partial charge is 0.387 e. The maximum Gasteiger partial charge on any atom is 0.387 e. The zero-order valence-electron chi connectivity index (χ0n) is 17.2. The van der Waals surface area contributed by atoms with E-state index in [4.69, 9.17) is 4.74 Å². The van der Waals surface area contributed by atoms with Crippen LogP contribution in [0.15, 0.2) is 53.4 Å². The van der Waals surface area contributed by atoms with E-state index in [0.29, 0.717) is 13.1 Å². The number of sulfonamides is 1. The molecule has 0 aromatic heterocycles. The van der Waals surface area contributed by atoms with Gasteiger partial charge in [-0.15, -0.1) is 0 Å². The molecule has 1 aliphatic rings. The van der Waals surface area contributed by atoms with Crippen LogP contribution in [0, 0.1) is 0 Å². The van der Waals surface area contributed by atoms with Gasteiger partial charge in [-0.3, -0.25) is 14.9 Å². The molecule has 2 amide bonds. The van der Waals surface area contributed by atoms with Crippen LogP contribution < -0.4 is 10.1 Å². The molecule has 0 saturated carbocycles. The molecule has 0 bridgehead atoms. The van der Waals surface area contributed by atoms with Crippen LogP contribution in [-0.4, -0.2) is 56.8 Å². The standard InChI is InChI=1S/C21H20F2N2O7S/c22-21(23)32-16-8-6-14(7-9-16)19(27)24-18(26)13-31-20(28)15-4-3-5-17(12-15)33(29,30)25-10-1-2-11-25/h3-9,12,21H,1-2,10-11,13H2,(H,24,26,27). The summed E-state index contributed by atoms with van der Waals surface area (Å²) in [5, 5.41) is 1.99. The Bertz CT molecular complexity index is 1130. The Morgan fingerprint density at radius 1 is 1.00 bits per heavy atom. The third-order valence-corrected chi connectivity index (χ3v) is 6.60. The normalized spacial score (nSPS) is 14.2. The lowest BCUT2D eigenvalue weighted by Crippen LogP contribution is -2.34. The predicted octanol–water partition coefficient (Wildman–Crippen LogP) is 2.19.